The minimum Gasteiger partial charge on any atom is -0.494 e. The van der Waals surface area contributed by atoms with E-state index in [0.717, 1.165) is 47.7 Å². The van der Waals surface area contributed by atoms with Crippen molar-refractivity contribution in [2.45, 2.75) is 51.2 Å². The zero-order chi connectivity index (χ0) is 23.9. The van der Waals surface area contributed by atoms with Crippen LogP contribution < -0.4 is 15.4 Å². The lowest BCUT2D eigenvalue weighted by Crippen LogP contribution is -2.31. The van der Waals surface area contributed by atoms with E-state index in [1.54, 1.807) is 11.8 Å². The molecule has 0 saturated heterocycles. The molecule has 0 spiro atoms. The highest BCUT2D eigenvalue weighted by molar-refractivity contribution is 7.99. The van der Waals surface area contributed by atoms with Crippen LogP contribution in [0.1, 0.15) is 51.6 Å². The Balaban J connectivity index is 1.73. The molecule has 0 radical (unpaired) electrons. The number of unbranched alkanes of at least 4 members (excludes halogenated alkanes) is 1. The molecule has 8 heteroatoms. The largest absolute Gasteiger partial charge is 0.494 e. The van der Waals surface area contributed by atoms with Crippen LogP contribution in [0.4, 0.5) is 11.6 Å². The van der Waals surface area contributed by atoms with Crippen LogP contribution in [0.15, 0.2) is 71.0 Å². The van der Waals surface area contributed by atoms with Gasteiger partial charge in [0, 0.05) is 17.1 Å². The number of amides is 1. The van der Waals surface area contributed by atoms with Crippen LogP contribution >= 0.6 is 11.8 Å². The van der Waals surface area contributed by atoms with Gasteiger partial charge in [0.2, 0.25) is 11.1 Å². The molecule has 2 N–H and O–H groups in total. The molecule has 1 aliphatic heterocycles. The predicted octanol–water partition coefficient (Wildman–Crippen LogP) is 5.89. The van der Waals surface area contributed by atoms with E-state index in [9.17, 15) is 4.79 Å². The van der Waals surface area contributed by atoms with E-state index in [1.807, 2.05) is 66.2 Å². The third-order valence-electron chi connectivity index (χ3n) is 5.49. The number of allylic oxidation sites excluding steroid dienone is 1. The molecule has 0 bridgehead atoms. The number of nitrogens with zero attached hydrogens (tertiary/aromatic N) is 3. The molecule has 1 aliphatic rings. The van der Waals surface area contributed by atoms with Gasteiger partial charge in [-0.3, -0.25) is 4.79 Å². The number of nitrogens with one attached hydrogen (secondary N) is 2. The second kappa shape index (κ2) is 11.2. The molecule has 7 nitrogen and oxygen atoms in total. The van der Waals surface area contributed by atoms with E-state index < -0.39 is 6.04 Å². The number of fused-ring (bicyclic) bond motifs is 1. The Morgan fingerprint density at radius 1 is 1.15 bits per heavy atom. The number of rotatable bonds is 10. The SMILES string of the molecule is CCCCOc1cccc(C2C(C(=O)Nc3ccccc3)=C(C)Nc3nc(SCCC)nn32)c1. The predicted molar refractivity (Wildman–Crippen MR) is 137 cm³/mol. The molecular weight excluding hydrogens is 446 g/mol. The molecule has 2 aromatic carbocycles. The molecular formula is C26H31N5O2S. The van der Waals surface area contributed by atoms with Gasteiger partial charge in [0.25, 0.3) is 5.91 Å². The standard InChI is InChI=1S/C26H31N5O2S/c1-4-6-15-33-21-14-10-11-19(17-21)23-22(24(32)28-20-12-8-7-9-13-20)18(3)27-25-29-26(30-31(23)25)34-16-5-2/h7-14,17,23H,4-6,15-16H2,1-3H3,(H,28,32)(H,27,29,30). The second-order valence-electron chi connectivity index (χ2n) is 8.17. The maximum atomic E-state index is 13.5. The first-order chi connectivity index (χ1) is 16.6. The summed E-state index contributed by atoms with van der Waals surface area (Å²) in [5, 5.41) is 11.8. The summed E-state index contributed by atoms with van der Waals surface area (Å²) >= 11 is 1.61. The smallest absolute Gasteiger partial charge is 0.255 e. The minimum absolute atomic E-state index is 0.178. The van der Waals surface area contributed by atoms with Gasteiger partial charge < -0.3 is 15.4 Å². The lowest BCUT2D eigenvalue weighted by molar-refractivity contribution is -0.113. The molecule has 3 aromatic rings. The van der Waals surface area contributed by atoms with Crippen molar-refractivity contribution in [2.24, 2.45) is 0 Å². The van der Waals surface area contributed by atoms with Gasteiger partial charge in [-0.05, 0) is 49.6 Å². The number of hydrogen-bond donors (Lipinski definition) is 2. The average Bonchev–Trinajstić information content (AvgIpc) is 3.25. The number of anilines is 2. The molecule has 1 aromatic heterocycles. The summed E-state index contributed by atoms with van der Waals surface area (Å²) in [4.78, 5) is 18.2. The summed E-state index contributed by atoms with van der Waals surface area (Å²) in [6, 6.07) is 17.0. The van der Waals surface area contributed by atoms with Crippen molar-refractivity contribution in [1.29, 1.82) is 0 Å². The van der Waals surface area contributed by atoms with Crippen LogP contribution in [0.5, 0.6) is 5.75 Å². The van der Waals surface area contributed by atoms with Gasteiger partial charge in [-0.2, -0.15) is 4.98 Å². The van der Waals surface area contributed by atoms with Gasteiger partial charge in [-0.15, -0.1) is 5.10 Å². The topological polar surface area (TPSA) is 81.1 Å². The molecule has 0 fully saturated rings. The first-order valence-electron chi connectivity index (χ1n) is 11.8. The summed E-state index contributed by atoms with van der Waals surface area (Å²) in [6.45, 7) is 6.84. The summed E-state index contributed by atoms with van der Waals surface area (Å²) in [6.07, 6.45) is 3.09. The summed E-state index contributed by atoms with van der Waals surface area (Å²) < 4.78 is 7.78. The number of benzene rings is 2. The van der Waals surface area contributed by atoms with E-state index in [2.05, 4.69) is 29.5 Å². The zero-order valence-corrected chi connectivity index (χ0v) is 20.7. The number of carbonyl (C=O) groups excluding carboxylic acids is 1. The fraction of sp³-hybridized carbons (Fsp3) is 0.346. The Morgan fingerprint density at radius 3 is 2.74 bits per heavy atom. The summed E-state index contributed by atoms with van der Waals surface area (Å²) in [5.74, 6) is 2.17. The molecule has 4 rings (SSSR count). The van der Waals surface area contributed by atoms with Crippen LogP contribution in [0.2, 0.25) is 0 Å². The number of carbonyl (C=O) groups is 1. The quantitative estimate of drug-likeness (QED) is 0.280. The molecule has 0 saturated carbocycles. The molecule has 1 unspecified atom stereocenters. The normalized spacial score (nSPS) is 15.0. The van der Waals surface area contributed by atoms with Crippen molar-refractivity contribution >= 4 is 29.3 Å². The number of para-hydroxylation sites is 1. The van der Waals surface area contributed by atoms with E-state index in [1.165, 1.54) is 0 Å². The summed E-state index contributed by atoms with van der Waals surface area (Å²) in [5.41, 5.74) is 3.01. The van der Waals surface area contributed by atoms with Crippen LogP contribution in [0, 0.1) is 0 Å². The average molecular weight is 478 g/mol. The van der Waals surface area contributed by atoms with E-state index >= 15 is 0 Å². The Kier molecular flexibility index (Phi) is 7.90. The van der Waals surface area contributed by atoms with Gasteiger partial charge in [-0.1, -0.05) is 62.4 Å². The highest BCUT2D eigenvalue weighted by atomic mass is 32.2. The fourth-order valence-electron chi connectivity index (χ4n) is 3.82. The van der Waals surface area contributed by atoms with Gasteiger partial charge in [0.05, 0.1) is 12.2 Å². The maximum Gasteiger partial charge on any atom is 0.255 e. The molecule has 1 amide bonds. The van der Waals surface area contributed by atoms with Crippen molar-refractivity contribution in [2.75, 3.05) is 23.0 Å². The molecule has 0 aliphatic carbocycles. The highest BCUT2D eigenvalue weighted by Crippen LogP contribution is 2.37. The van der Waals surface area contributed by atoms with Crippen LogP contribution in [0.25, 0.3) is 0 Å². The Morgan fingerprint density at radius 2 is 1.97 bits per heavy atom. The van der Waals surface area contributed by atoms with Gasteiger partial charge in [0.1, 0.15) is 11.8 Å². The van der Waals surface area contributed by atoms with Crippen molar-refractivity contribution in [3.63, 3.8) is 0 Å². The third-order valence-corrected chi connectivity index (χ3v) is 6.53. The van der Waals surface area contributed by atoms with Crippen LogP contribution in [-0.2, 0) is 4.79 Å². The van der Waals surface area contributed by atoms with Crippen molar-refractivity contribution in [3.8, 4) is 5.75 Å². The van der Waals surface area contributed by atoms with Gasteiger partial charge in [-0.25, -0.2) is 4.68 Å². The number of hydrogen-bond acceptors (Lipinski definition) is 6. The molecule has 1 atom stereocenters. The Bertz CT molecular complexity index is 1160. The monoisotopic (exact) mass is 477 g/mol. The summed E-state index contributed by atoms with van der Waals surface area (Å²) in [7, 11) is 0. The minimum atomic E-state index is -0.432. The van der Waals surface area contributed by atoms with Gasteiger partial charge in [0.15, 0.2) is 0 Å². The lowest BCUT2D eigenvalue weighted by Gasteiger charge is -2.29. The fourth-order valence-corrected chi connectivity index (χ4v) is 4.50. The zero-order valence-electron chi connectivity index (χ0n) is 19.9. The molecule has 34 heavy (non-hydrogen) atoms. The third kappa shape index (κ3) is 5.44. The van der Waals surface area contributed by atoms with E-state index in [-0.39, 0.29) is 5.91 Å². The van der Waals surface area contributed by atoms with Gasteiger partial charge >= 0.3 is 0 Å². The van der Waals surface area contributed by atoms with E-state index in [4.69, 9.17) is 9.84 Å². The second-order valence-corrected chi connectivity index (χ2v) is 9.23. The number of ether oxygens (including phenoxy) is 1. The first-order valence-corrected chi connectivity index (χ1v) is 12.8. The van der Waals surface area contributed by atoms with Crippen LogP contribution in [0.3, 0.4) is 0 Å². The number of thioether (sulfide) groups is 1. The van der Waals surface area contributed by atoms with Crippen molar-refractivity contribution in [1.82, 2.24) is 14.8 Å². The van der Waals surface area contributed by atoms with Crippen LogP contribution in [-0.4, -0.2) is 33.0 Å². The van der Waals surface area contributed by atoms with Crippen molar-refractivity contribution in [3.05, 3.63) is 71.4 Å². The van der Waals surface area contributed by atoms with E-state index in [0.29, 0.717) is 23.3 Å². The Labute approximate surface area is 205 Å². The van der Waals surface area contributed by atoms with Crippen molar-refractivity contribution < 1.29 is 9.53 Å². The molecule has 178 valence electrons. The Hall–Kier alpha value is -3.26. The maximum absolute atomic E-state index is 13.5. The first kappa shape index (κ1) is 23.9. The lowest BCUT2D eigenvalue weighted by atomic mass is 9.95. The highest BCUT2D eigenvalue weighted by Gasteiger charge is 2.34. The molecule has 2 heterocycles. The number of aromatic nitrogens is 3.